The molecule has 0 spiro atoms. The first-order chi connectivity index (χ1) is 11.7. The number of allylic oxidation sites excluding steroid dienone is 2. The van der Waals surface area contributed by atoms with Crippen LogP contribution in [0.2, 0.25) is 19.6 Å². The molecule has 3 aliphatic rings. The number of hydrogen-bond acceptors (Lipinski definition) is 1. The Balaban J connectivity index is 1.85. The summed E-state index contributed by atoms with van der Waals surface area (Å²) >= 11 is 0. The van der Waals surface area contributed by atoms with Gasteiger partial charge in [-0.3, -0.25) is 0 Å². The molecule has 1 aromatic carbocycles. The lowest BCUT2D eigenvalue weighted by Gasteiger charge is -2.42. The van der Waals surface area contributed by atoms with Gasteiger partial charge in [0.2, 0.25) is 0 Å². The van der Waals surface area contributed by atoms with E-state index in [2.05, 4.69) is 76.6 Å². The molecule has 0 aromatic heterocycles. The van der Waals surface area contributed by atoms with Crippen LogP contribution in [0.1, 0.15) is 60.9 Å². The standard InChI is InChI=1S/C23H33NSi/c1-14(2)8-17-11-21-23-16(4)9-15(3)10-19(23)18-12-20(18)24(21)13-22(17)25(5,6)7/h9-11,13-14,18,20-21H,8,12H2,1-7H3. The molecule has 2 heterocycles. The van der Waals surface area contributed by atoms with Crippen LogP contribution in [0.15, 0.2) is 35.2 Å². The first-order valence-corrected chi connectivity index (χ1v) is 13.5. The lowest BCUT2D eigenvalue weighted by molar-refractivity contribution is 0.286. The van der Waals surface area contributed by atoms with Gasteiger partial charge in [0, 0.05) is 12.0 Å². The van der Waals surface area contributed by atoms with E-state index in [0.29, 0.717) is 12.0 Å². The van der Waals surface area contributed by atoms with E-state index in [0.717, 1.165) is 12.0 Å². The Morgan fingerprint density at radius 3 is 2.52 bits per heavy atom. The highest BCUT2D eigenvalue weighted by Crippen LogP contribution is 2.57. The van der Waals surface area contributed by atoms with Crippen LogP contribution in [0, 0.1) is 19.8 Å². The molecule has 3 atom stereocenters. The first-order valence-electron chi connectivity index (χ1n) is 9.98. The molecule has 25 heavy (non-hydrogen) atoms. The van der Waals surface area contributed by atoms with E-state index in [1.165, 1.54) is 24.0 Å². The highest BCUT2D eigenvalue weighted by molar-refractivity contribution is 6.84. The van der Waals surface area contributed by atoms with Gasteiger partial charge >= 0.3 is 0 Å². The van der Waals surface area contributed by atoms with Crippen molar-refractivity contribution >= 4 is 8.07 Å². The Morgan fingerprint density at radius 1 is 1.16 bits per heavy atom. The second-order valence-corrected chi connectivity index (χ2v) is 15.0. The van der Waals surface area contributed by atoms with Crippen molar-refractivity contribution in [2.75, 3.05) is 0 Å². The molecule has 1 saturated carbocycles. The summed E-state index contributed by atoms with van der Waals surface area (Å²) < 4.78 is 0. The third kappa shape index (κ3) is 2.83. The topological polar surface area (TPSA) is 3.24 Å². The fourth-order valence-corrected chi connectivity index (χ4v) is 6.76. The van der Waals surface area contributed by atoms with Gasteiger partial charge in [0.1, 0.15) is 0 Å². The van der Waals surface area contributed by atoms with Crippen molar-refractivity contribution in [3.63, 3.8) is 0 Å². The van der Waals surface area contributed by atoms with Gasteiger partial charge in [-0.25, -0.2) is 0 Å². The molecular formula is C23H33NSi. The van der Waals surface area contributed by atoms with E-state index in [1.807, 2.05) is 0 Å². The molecule has 0 bridgehead atoms. The van der Waals surface area contributed by atoms with Crippen LogP contribution >= 0.6 is 0 Å². The summed E-state index contributed by atoms with van der Waals surface area (Å²) in [4.78, 5) is 2.73. The van der Waals surface area contributed by atoms with E-state index in [1.54, 1.807) is 21.9 Å². The molecule has 1 aliphatic carbocycles. The first kappa shape index (κ1) is 17.1. The highest BCUT2D eigenvalue weighted by Gasteiger charge is 2.51. The smallest absolute Gasteiger partial charge is 0.0798 e. The highest BCUT2D eigenvalue weighted by atomic mass is 28.3. The Morgan fingerprint density at radius 2 is 1.88 bits per heavy atom. The van der Waals surface area contributed by atoms with Gasteiger partial charge in [-0.2, -0.15) is 0 Å². The summed E-state index contributed by atoms with van der Waals surface area (Å²) in [5.41, 5.74) is 7.81. The van der Waals surface area contributed by atoms with Crippen LogP contribution in [0.3, 0.4) is 0 Å². The SMILES string of the molecule is Cc1cc(C)c2c(c1)C1CC1N1C=C([Si](C)(C)C)C(CC(C)C)=CC21. The van der Waals surface area contributed by atoms with Crippen molar-refractivity contribution in [2.24, 2.45) is 5.92 Å². The number of benzene rings is 1. The van der Waals surface area contributed by atoms with Gasteiger partial charge in [-0.1, -0.05) is 57.3 Å². The van der Waals surface area contributed by atoms with Crippen LogP contribution in [0.5, 0.6) is 0 Å². The minimum atomic E-state index is -1.34. The summed E-state index contributed by atoms with van der Waals surface area (Å²) in [5, 5.41) is 1.69. The predicted molar refractivity (Wildman–Crippen MR) is 111 cm³/mol. The van der Waals surface area contributed by atoms with Gasteiger partial charge in [0.05, 0.1) is 14.1 Å². The van der Waals surface area contributed by atoms with Gasteiger partial charge in [-0.05, 0) is 66.3 Å². The summed E-state index contributed by atoms with van der Waals surface area (Å²) in [5.74, 6) is 1.48. The molecule has 4 rings (SSSR count). The number of hydrogen-bond donors (Lipinski definition) is 0. The lowest BCUT2D eigenvalue weighted by atomic mass is 9.84. The number of rotatable bonds is 3. The zero-order valence-electron chi connectivity index (χ0n) is 17.0. The van der Waals surface area contributed by atoms with Gasteiger partial charge in [-0.15, -0.1) is 0 Å². The van der Waals surface area contributed by atoms with E-state index in [9.17, 15) is 0 Å². The second-order valence-electron chi connectivity index (χ2n) is 9.97. The normalized spacial score (nSPS) is 27.4. The number of aryl methyl sites for hydroxylation is 2. The van der Waals surface area contributed by atoms with E-state index < -0.39 is 8.07 Å². The Kier molecular flexibility index (Phi) is 3.84. The van der Waals surface area contributed by atoms with Gasteiger partial charge in [0.15, 0.2) is 0 Å². The summed E-state index contributed by atoms with van der Waals surface area (Å²) in [6.45, 7) is 16.8. The summed E-state index contributed by atoms with van der Waals surface area (Å²) in [6, 6.07) is 6.06. The minimum Gasteiger partial charge on any atom is -0.363 e. The van der Waals surface area contributed by atoms with Gasteiger partial charge in [0.25, 0.3) is 0 Å². The van der Waals surface area contributed by atoms with E-state index in [-0.39, 0.29) is 0 Å². The molecule has 0 radical (unpaired) electrons. The van der Waals surface area contributed by atoms with Crippen molar-refractivity contribution in [3.05, 3.63) is 57.4 Å². The largest absolute Gasteiger partial charge is 0.363 e. The Labute approximate surface area is 154 Å². The number of fused-ring (bicyclic) bond motifs is 6. The molecule has 0 amide bonds. The zero-order chi connectivity index (χ0) is 18.1. The quantitative estimate of drug-likeness (QED) is 0.581. The third-order valence-electron chi connectivity index (χ3n) is 6.14. The fourth-order valence-electron chi connectivity index (χ4n) is 5.07. The van der Waals surface area contributed by atoms with Gasteiger partial charge < -0.3 is 4.90 Å². The minimum absolute atomic E-state index is 0.466. The van der Waals surface area contributed by atoms with Crippen molar-refractivity contribution < 1.29 is 0 Å². The maximum Gasteiger partial charge on any atom is 0.0798 e. The van der Waals surface area contributed by atoms with Crippen molar-refractivity contribution in [3.8, 4) is 0 Å². The predicted octanol–water partition coefficient (Wildman–Crippen LogP) is 6.26. The molecule has 3 unspecified atom stereocenters. The van der Waals surface area contributed by atoms with Crippen molar-refractivity contribution in [2.45, 2.75) is 78.2 Å². The molecule has 0 saturated heterocycles. The molecule has 0 N–H and O–H groups in total. The molecule has 1 aromatic rings. The third-order valence-corrected chi connectivity index (χ3v) is 8.20. The lowest BCUT2D eigenvalue weighted by Crippen LogP contribution is -2.38. The van der Waals surface area contributed by atoms with Crippen LogP contribution in [-0.2, 0) is 0 Å². The van der Waals surface area contributed by atoms with Crippen molar-refractivity contribution in [1.29, 1.82) is 0 Å². The van der Waals surface area contributed by atoms with E-state index in [4.69, 9.17) is 0 Å². The van der Waals surface area contributed by atoms with Crippen molar-refractivity contribution in [1.82, 2.24) is 4.90 Å². The summed E-state index contributed by atoms with van der Waals surface area (Å²) in [7, 11) is -1.34. The molecule has 2 heteroatoms. The van der Waals surface area contributed by atoms with E-state index >= 15 is 0 Å². The molecule has 1 fully saturated rings. The molecular weight excluding hydrogens is 318 g/mol. The monoisotopic (exact) mass is 351 g/mol. The zero-order valence-corrected chi connectivity index (χ0v) is 18.0. The van der Waals surface area contributed by atoms with Crippen LogP contribution in [-0.4, -0.2) is 19.0 Å². The van der Waals surface area contributed by atoms with Crippen LogP contribution < -0.4 is 0 Å². The molecule has 1 nitrogen and oxygen atoms in total. The van der Waals surface area contributed by atoms with Crippen LogP contribution in [0.25, 0.3) is 0 Å². The average Bonchev–Trinajstić information content (AvgIpc) is 3.25. The average molecular weight is 352 g/mol. The molecule has 2 aliphatic heterocycles. The fraction of sp³-hybridized carbons (Fsp3) is 0.565. The van der Waals surface area contributed by atoms with Crippen LogP contribution in [0.4, 0.5) is 0 Å². The summed E-state index contributed by atoms with van der Waals surface area (Å²) in [6.07, 6.45) is 7.80. The maximum atomic E-state index is 2.73. The Hall–Kier alpha value is -1.28. The number of nitrogens with zero attached hydrogens (tertiary/aromatic N) is 1. The second kappa shape index (κ2) is 5.61. The maximum absolute atomic E-state index is 2.73. The Bertz CT molecular complexity index is 778. The molecule has 134 valence electrons.